The zero-order chi connectivity index (χ0) is 13.9. The minimum absolute atomic E-state index is 0.644. The number of aromatic nitrogens is 1. The Morgan fingerprint density at radius 2 is 1.85 bits per heavy atom. The molecule has 20 heavy (non-hydrogen) atoms. The highest BCUT2D eigenvalue weighted by molar-refractivity contribution is 5.93. The summed E-state index contributed by atoms with van der Waals surface area (Å²) in [7, 11) is 0. The Hall–Kier alpha value is -2.79. The second-order valence-corrected chi connectivity index (χ2v) is 4.85. The number of hydrogen-bond donors (Lipinski definition) is 1. The Kier molecular flexibility index (Phi) is 3.10. The number of rotatable bonds is 2. The van der Waals surface area contributed by atoms with Crippen molar-refractivity contribution in [3.05, 3.63) is 71.4 Å². The molecule has 0 unspecified atom stereocenters. The second kappa shape index (κ2) is 5.07. The quantitative estimate of drug-likeness (QED) is 0.673. The van der Waals surface area contributed by atoms with E-state index in [-0.39, 0.29) is 0 Å². The summed E-state index contributed by atoms with van der Waals surface area (Å²) in [6.07, 6.45) is 1.91. The highest BCUT2D eigenvalue weighted by atomic mass is 14.7. The van der Waals surface area contributed by atoms with E-state index >= 15 is 0 Å². The third-order valence-electron chi connectivity index (χ3n) is 3.33. The van der Waals surface area contributed by atoms with Crippen molar-refractivity contribution in [2.45, 2.75) is 6.92 Å². The molecule has 0 amide bonds. The topological polar surface area (TPSA) is 39.6 Å². The van der Waals surface area contributed by atoms with E-state index in [2.05, 4.69) is 18.0 Å². The fraction of sp³-hybridized carbons (Fsp3) is 0.0556. The molecule has 0 aliphatic carbocycles. The van der Waals surface area contributed by atoms with Crippen molar-refractivity contribution in [2.24, 2.45) is 0 Å². The van der Waals surface area contributed by atoms with Gasteiger partial charge in [-0.15, -0.1) is 0 Å². The number of benzene rings is 2. The second-order valence-electron chi connectivity index (χ2n) is 4.85. The predicted octanol–water partition coefficient (Wildman–Crippen LogP) is 4.54. The summed E-state index contributed by atoms with van der Waals surface area (Å²) in [4.78, 5) is 3.29. The molecule has 1 heterocycles. The van der Waals surface area contributed by atoms with Gasteiger partial charge in [-0.2, -0.15) is 5.26 Å². The SMILES string of the molecule is Cc1ccc(C=C(C#N)c2cc3ccccc3[nH]2)cc1. The van der Waals surface area contributed by atoms with E-state index in [0.29, 0.717) is 5.57 Å². The lowest BCUT2D eigenvalue weighted by Crippen LogP contribution is -1.82. The lowest BCUT2D eigenvalue weighted by atomic mass is 10.1. The van der Waals surface area contributed by atoms with Crippen LogP contribution in [0.4, 0.5) is 0 Å². The maximum Gasteiger partial charge on any atom is 0.101 e. The van der Waals surface area contributed by atoms with Crippen molar-refractivity contribution >= 4 is 22.6 Å². The molecule has 0 bridgehead atoms. The van der Waals surface area contributed by atoms with E-state index in [4.69, 9.17) is 0 Å². The van der Waals surface area contributed by atoms with Gasteiger partial charge in [0.15, 0.2) is 0 Å². The zero-order valence-corrected chi connectivity index (χ0v) is 11.2. The average molecular weight is 258 g/mol. The molecule has 0 atom stereocenters. The van der Waals surface area contributed by atoms with Crippen molar-refractivity contribution < 1.29 is 0 Å². The highest BCUT2D eigenvalue weighted by Crippen LogP contribution is 2.22. The van der Waals surface area contributed by atoms with Crippen molar-refractivity contribution in [1.82, 2.24) is 4.98 Å². The molecule has 1 aromatic heterocycles. The molecular weight excluding hydrogens is 244 g/mol. The smallest absolute Gasteiger partial charge is 0.101 e. The van der Waals surface area contributed by atoms with Crippen molar-refractivity contribution in [3.63, 3.8) is 0 Å². The molecular formula is C18H14N2. The minimum atomic E-state index is 0.644. The molecule has 96 valence electrons. The summed E-state index contributed by atoms with van der Waals surface area (Å²) in [5, 5.41) is 10.5. The monoisotopic (exact) mass is 258 g/mol. The summed E-state index contributed by atoms with van der Waals surface area (Å²) in [5.41, 5.74) is 4.80. The third kappa shape index (κ3) is 2.34. The van der Waals surface area contributed by atoms with Crippen LogP contribution in [0.3, 0.4) is 0 Å². The van der Waals surface area contributed by atoms with Crippen LogP contribution in [0.25, 0.3) is 22.6 Å². The summed E-state index contributed by atoms with van der Waals surface area (Å²) < 4.78 is 0. The standard InChI is InChI=1S/C18H14N2/c1-13-6-8-14(9-7-13)10-16(12-19)18-11-15-4-2-3-5-17(15)20-18/h2-11,20H,1H3. The summed E-state index contributed by atoms with van der Waals surface area (Å²) in [5.74, 6) is 0. The Labute approximate surface area is 118 Å². The van der Waals surface area contributed by atoms with Gasteiger partial charge in [0.2, 0.25) is 0 Å². The normalized spacial score (nSPS) is 11.5. The molecule has 3 aromatic rings. The molecule has 0 aliphatic rings. The van der Waals surface area contributed by atoms with E-state index in [1.54, 1.807) is 0 Å². The molecule has 0 saturated carbocycles. The fourth-order valence-corrected chi connectivity index (χ4v) is 2.22. The summed E-state index contributed by atoms with van der Waals surface area (Å²) in [6, 6.07) is 20.5. The average Bonchev–Trinajstić information content (AvgIpc) is 2.90. The van der Waals surface area contributed by atoms with E-state index < -0.39 is 0 Å². The number of H-pyrrole nitrogens is 1. The molecule has 0 saturated heterocycles. The van der Waals surface area contributed by atoms with Gasteiger partial charge in [-0.05, 0) is 30.7 Å². The molecule has 0 radical (unpaired) electrons. The molecule has 2 nitrogen and oxygen atoms in total. The largest absolute Gasteiger partial charge is 0.354 e. The van der Waals surface area contributed by atoms with E-state index in [0.717, 1.165) is 22.2 Å². The van der Waals surface area contributed by atoms with E-state index in [9.17, 15) is 5.26 Å². The van der Waals surface area contributed by atoms with E-state index in [1.165, 1.54) is 5.56 Å². The number of para-hydroxylation sites is 1. The van der Waals surface area contributed by atoms with Crippen LogP contribution in [0.5, 0.6) is 0 Å². The van der Waals surface area contributed by atoms with Crippen LogP contribution in [-0.4, -0.2) is 4.98 Å². The molecule has 2 heteroatoms. The van der Waals surface area contributed by atoms with Crippen molar-refractivity contribution in [3.8, 4) is 6.07 Å². The number of hydrogen-bond acceptors (Lipinski definition) is 1. The molecule has 1 N–H and O–H groups in total. The molecule has 0 aliphatic heterocycles. The molecule has 0 fully saturated rings. The molecule has 3 rings (SSSR count). The first-order valence-electron chi connectivity index (χ1n) is 6.53. The number of nitriles is 1. The van der Waals surface area contributed by atoms with Crippen LogP contribution in [-0.2, 0) is 0 Å². The fourth-order valence-electron chi connectivity index (χ4n) is 2.22. The number of aryl methyl sites for hydroxylation is 1. The van der Waals surface area contributed by atoms with Gasteiger partial charge in [0.05, 0.1) is 11.3 Å². The van der Waals surface area contributed by atoms with Crippen LogP contribution >= 0.6 is 0 Å². The Bertz CT molecular complexity index is 781. The van der Waals surface area contributed by atoms with Crippen molar-refractivity contribution in [1.29, 1.82) is 5.26 Å². The maximum atomic E-state index is 9.38. The molecule has 0 spiro atoms. The van der Waals surface area contributed by atoms with Gasteiger partial charge in [-0.3, -0.25) is 0 Å². The minimum Gasteiger partial charge on any atom is -0.354 e. The number of allylic oxidation sites excluding steroid dienone is 1. The molecule has 2 aromatic carbocycles. The lowest BCUT2D eigenvalue weighted by molar-refractivity contribution is 1.40. The Morgan fingerprint density at radius 1 is 1.10 bits per heavy atom. The Balaban J connectivity index is 2.05. The number of nitrogens with zero attached hydrogens (tertiary/aromatic N) is 1. The maximum absolute atomic E-state index is 9.38. The first kappa shape index (κ1) is 12.3. The lowest BCUT2D eigenvalue weighted by Gasteiger charge is -1.97. The van der Waals surface area contributed by atoms with Gasteiger partial charge in [0, 0.05) is 10.9 Å². The summed E-state index contributed by atoms with van der Waals surface area (Å²) >= 11 is 0. The predicted molar refractivity (Wildman–Crippen MR) is 83.0 cm³/mol. The van der Waals surface area contributed by atoms with Gasteiger partial charge in [0.25, 0.3) is 0 Å². The number of nitrogens with one attached hydrogen (secondary N) is 1. The van der Waals surface area contributed by atoms with Gasteiger partial charge < -0.3 is 4.98 Å². The Morgan fingerprint density at radius 3 is 2.55 bits per heavy atom. The van der Waals surface area contributed by atoms with Gasteiger partial charge in [-0.25, -0.2) is 0 Å². The third-order valence-corrected chi connectivity index (χ3v) is 3.33. The first-order valence-corrected chi connectivity index (χ1v) is 6.53. The number of fused-ring (bicyclic) bond motifs is 1. The summed E-state index contributed by atoms with van der Waals surface area (Å²) in [6.45, 7) is 2.05. The van der Waals surface area contributed by atoms with Crippen LogP contribution < -0.4 is 0 Å². The van der Waals surface area contributed by atoms with Crippen LogP contribution in [0, 0.1) is 18.3 Å². The van der Waals surface area contributed by atoms with E-state index in [1.807, 2.05) is 60.7 Å². The van der Waals surface area contributed by atoms with Gasteiger partial charge in [0.1, 0.15) is 6.07 Å². The van der Waals surface area contributed by atoms with Crippen molar-refractivity contribution in [2.75, 3.05) is 0 Å². The van der Waals surface area contributed by atoms with Crippen LogP contribution in [0.1, 0.15) is 16.8 Å². The van der Waals surface area contributed by atoms with Gasteiger partial charge in [-0.1, -0.05) is 48.0 Å². The first-order chi connectivity index (χ1) is 9.76. The van der Waals surface area contributed by atoms with Crippen LogP contribution in [0.15, 0.2) is 54.6 Å². The zero-order valence-electron chi connectivity index (χ0n) is 11.2. The van der Waals surface area contributed by atoms with Crippen LogP contribution in [0.2, 0.25) is 0 Å². The number of aromatic amines is 1. The highest BCUT2D eigenvalue weighted by Gasteiger charge is 2.05. The van der Waals surface area contributed by atoms with Gasteiger partial charge >= 0.3 is 0 Å².